The molecule has 0 atom stereocenters. The molecule has 49 heavy (non-hydrogen) atoms. The summed E-state index contributed by atoms with van der Waals surface area (Å²) in [7, 11) is 0. The van der Waals surface area contributed by atoms with Crippen LogP contribution < -0.4 is 4.90 Å². The maximum atomic E-state index is 6.37. The molecule has 0 N–H and O–H groups in total. The van der Waals surface area contributed by atoms with Crippen LogP contribution in [0.15, 0.2) is 163 Å². The molecule has 0 aliphatic rings. The monoisotopic (exact) mass is 632 g/mol. The minimum Gasteiger partial charge on any atom is -0.456 e. The molecule has 0 aliphatic carbocycles. The lowest BCUT2D eigenvalue weighted by molar-refractivity contribution is 0.619. The van der Waals surface area contributed by atoms with Crippen molar-refractivity contribution in [2.24, 2.45) is 0 Å². The Hall–Kier alpha value is -6.79. The molecule has 11 rings (SSSR count). The molecule has 7 aromatic carbocycles. The second-order valence-electron chi connectivity index (χ2n) is 12.3. The zero-order chi connectivity index (χ0) is 32.1. The number of aromatic nitrogens is 1. The Kier molecular flexibility index (Phi) is 5.29. The van der Waals surface area contributed by atoms with Gasteiger partial charge in [0.1, 0.15) is 39.0 Å². The van der Waals surface area contributed by atoms with Crippen LogP contribution in [0.1, 0.15) is 0 Å². The van der Waals surface area contributed by atoms with Crippen molar-refractivity contribution in [2.45, 2.75) is 0 Å². The summed E-state index contributed by atoms with van der Waals surface area (Å²) < 4.78 is 25.3. The van der Waals surface area contributed by atoms with E-state index in [9.17, 15) is 0 Å². The third kappa shape index (κ3) is 3.92. The Morgan fingerprint density at radius 2 is 0.878 bits per heavy atom. The number of hydrogen-bond acceptors (Lipinski definition) is 6. The van der Waals surface area contributed by atoms with Gasteiger partial charge in [-0.15, -0.1) is 0 Å². The molecule has 0 aliphatic heterocycles. The lowest BCUT2D eigenvalue weighted by Crippen LogP contribution is -2.09. The van der Waals surface area contributed by atoms with Crippen LogP contribution in [0.25, 0.3) is 88.4 Å². The van der Waals surface area contributed by atoms with Crippen molar-refractivity contribution in [3.05, 3.63) is 146 Å². The fourth-order valence-electron chi connectivity index (χ4n) is 7.24. The summed E-state index contributed by atoms with van der Waals surface area (Å²) in [5.74, 6) is 0.577. The van der Waals surface area contributed by atoms with Crippen LogP contribution in [-0.2, 0) is 0 Å². The lowest BCUT2D eigenvalue weighted by atomic mass is 10.1. The molecule has 230 valence electrons. The Morgan fingerprint density at radius 1 is 0.367 bits per heavy atom. The Morgan fingerprint density at radius 3 is 1.57 bits per heavy atom. The van der Waals surface area contributed by atoms with E-state index in [2.05, 4.69) is 65.6 Å². The molecule has 4 aromatic heterocycles. The minimum atomic E-state index is 0.577. The summed E-state index contributed by atoms with van der Waals surface area (Å²) in [4.78, 5) is 7.20. The number of nitrogens with zero attached hydrogens (tertiary/aromatic N) is 2. The van der Waals surface area contributed by atoms with E-state index in [1.54, 1.807) is 0 Å². The van der Waals surface area contributed by atoms with E-state index in [0.717, 1.165) is 94.0 Å². The van der Waals surface area contributed by atoms with Crippen molar-refractivity contribution in [3.8, 4) is 11.5 Å². The standard InChI is InChI=1S/C43H24N2O4/c1-2-8-25(9-3-1)43-44-42-38(49-43)21-20-37-41(42)33-22-26(16-19-36(33)46-37)45(27-14-17-31-29-10-4-6-12-34(29)47-39(31)23-27)28-15-18-32-30-11-5-7-13-35(30)48-40(32)24-28/h1-24H. The molecule has 0 saturated heterocycles. The largest absolute Gasteiger partial charge is 0.456 e. The third-order valence-electron chi connectivity index (χ3n) is 9.50. The maximum Gasteiger partial charge on any atom is 0.227 e. The quantitative estimate of drug-likeness (QED) is 0.192. The summed E-state index contributed by atoms with van der Waals surface area (Å²) in [6.07, 6.45) is 0. The van der Waals surface area contributed by atoms with Gasteiger partial charge in [-0.05, 0) is 78.9 Å². The topological polar surface area (TPSA) is 68.7 Å². The highest BCUT2D eigenvalue weighted by Gasteiger charge is 2.21. The first-order chi connectivity index (χ1) is 24.2. The molecule has 4 heterocycles. The highest BCUT2D eigenvalue weighted by atomic mass is 16.4. The van der Waals surface area contributed by atoms with Gasteiger partial charge in [-0.2, -0.15) is 0 Å². The summed E-state index contributed by atoms with van der Waals surface area (Å²) in [6.45, 7) is 0. The zero-order valence-electron chi connectivity index (χ0n) is 25.9. The van der Waals surface area contributed by atoms with Crippen molar-refractivity contribution in [3.63, 3.8) is 0 Å². The number of rotatable bonds is 4. The van der Waals surface area contributed by atoms with Crippen LogP contribution >= 0.6 is 0 Å². The predicted octanol–water partition coefficient (Wildman–Crippen LogP) is 12.7. The Bertz CT molecular complexity index is 2960. The summed E-state index contributed by atoms with van der Waals surface area (Å²) in [5.41, 5.74) is 10.2. The predicted molar refractivity (Wildman–Crippen MR) is 196 cm³/mol. The zero-order valence-corrected chi connectivity index (χ0v) is 25.9. The van der Waals surface area contributed by atoms with Gasteiger partial charge in [0.2, 0.25) is 5.89 Å². The van der Waals surface area contributed by atoms with Crippen LogP contribution in [-0.4, -0.2) is 4.98 Å². The van der Waals surface area contributed by atoms with E-state index in [4.69, 9.17) is 22.7 Å². The summed E-state index contributed by atoms with van der Waals surface area (Å²) in [5, 5.41) is 6.21. The maximum absolute atomic E-state index is 6.37. The Labute approximate surface area is 278 Å². The average molecular weight is 633 g/mol. The molecule has 6 heteroatoms. The van der Waals surface area contributed by atoms with Crippen LogP contribution in [0.3, 0.4) is 0 Å². The van der Waals surface area contributed by atoms with E-state index in [0.29, 0.717) is 11.5 Å². The van der Waals surface area contributed by atoms with Gasteiger partial charge in [-0.1, -0.05) is 54.6 Å². The van der Waals surface area contributed by atoms with Gasteiger partial charge in [0.15, 0.2) is 5.58 Å². The minimum absolute atomic E-state index is 0.577. The normalized spacial score (nSPS) is 12.1. The Balaban J connectivity index is 1.15. The van der Waals surface area contributed by atoms with E-state index in [1.165, 1.54) is 0 Å². The molecule has 0 spiro atoms. The first-order valence-corrected chi connectivity index (χ1v) is 16.2. The first kappa shape index (κ1) is 26.3. The van der Waals surface area contributed by atoms with Gasteiger partial charge in [0, 0.05) is 61.7 Å². The summed E-state index contributed by atoms with van der Waals surface area (Å²) in [6, 6.07) is 49.2. The molecular weight excluding hydrogens is 608 g/mol. The van der Waals surface area contributed by atoms with Crippen LogP contribution in [0.4, 0.5) is 17.1 Å². The molecule has 11 aromatic rings. The lowest BCUT2D eigenvalue weighted by Gasteiger charge is -2.25. The SMILES string of the molecule is c1ccc(-c2nc3c(ccc4oc5ccc(N(c6ccc7c(c6)oc6ccccc67)c6ccc7c(c6)oc6ccccc67)cc5c43)o2)cc1. The molecular formula is C43H24N2O4. The van der Waals surface area contributed by atoms with E-state index >= 15 is 0 Å². The van der Waals surface area contributed by atoms with Gasteiger partial charge in [-0.3, -0.25) is 0 Å². The molecule has 0 amide bonds. The van der Waals surface area contributed by atoms with Crippen molar-refractivity contribution >= 4 is 94.0 Å². The fraction of sp³-hybridized carbons (Fsp3) is 0. The molecule has 0 bridgehead atoms. The highest BCUT2D eigenvalue weighted by molar-refractivity contribution is 6.18. The van der Waals surface area contributed by atoms with Crippen LogP contribution in [0, 0.1) is 0 Å². The van der Waals surface area contributed by atoms with Crippen LogP contribution in [0.2, 0.25) is 0 Å². The second kappa shape index (κ2) is 9.86. The first-order valence-electron chi connectivity index (χ1n) is 16.2. The number of anilines is 3. The number of oxazole rings is 1. The average Bonchev–Trinajstić information content (AvgIpc) is 3.92. The third-order valence-corrected chi connectivity index (χ3v) is 9.50. The van der Waals surface area contributed by atoms with Gasteiger partial charge >= 0.3 is 0 Å². The van der Waals surface area contributed by atoms with Gasteiger partial charge in [0.05, 0.1) is 5.39 Å². The number of benzene rings is 7. The molecule has 0 unspecified atom stereocenters. The van der Waals surface area contributed by atoms with E-state index in [1.807, 2.05) is 84.9 Å². The van der Waals surface area contributed by atoms with Crippen molar-refractivity contribution in [1.29, 1.82) is 0 Å². The number of fused-ring (bicyclic) bond motifs is 11. The number of furan rings is 3. The number of para-hydroxylation sites is 2. The second-order valence-corrected chi connectivity index (χ2v) is 12.3. The highest BCUT2D eigenvalue weighted by Crippen LogP contribution is 2.43. The van der Waals surface area contributed by atoms with Crippen molar-refractivity contribution in [1.82, 2.24) is 4.98 Å². The molecule has 0 fully saturated rings. The van der Waals surface area contributed by atoms with Gasteiger partial charge in [-0.25, -0.2) is 4.98 Å². The van der Waals surface area contributed by atoms with Crippen molar-refractivity contribution < 1.29 is 17.7 Å². The van der Waals surface area contributed by atoms with E-state index < -0.39 is 0 Å². The van der Waals surface area contributed by atoms with Gasteiger partial charge < -0.3 is 22.6 Å². The van der Waals surface area contributed by atoms with Crippen molar-refractivity contribution in [2.75, 3.05) is 4.90 Å². The fourth-order valence-corrected chi connectivity index (χ4v) is 7.24. The smallest absolute Gasteiger partial charge is 0.227 e. The number of hydrogen-bond donors (Lipinski definition) is 0. The van der Waals surface area contributed by atoms with Gasteiger partial charge in [0.25, 0.3) is 0 Å². The molecule has 6 nitrogen and oxygen atoms in total. The van der Waals surface area contributed by atoms with E-state index in [-0.39, 0.29) is 0 Å². The molecule has 0 radical (unpaired) electrons. The van der Waals surface area contributed by atoms with Crippen LogP contribution in [0.5, 0.6) is 0 Å². The summed E-state index contributed by atoms with van der Waals surface area (Å²) >= 11 is 0. The molecule has 0 saturated carbocycles.